The van der Waals surface area contributed by atoms with E-state index >= 15 is 0 Å². The lowest BCUT2D eigenvalue weighted by Gasteiger charge is -2.18. The molecule has 10 N–H and O–H groups in total. The van der Waals surface area contributed by atoms with Crippen molar-refractivity contribution in [2.75, 3.05) is 19.6 Å². The fourth-order valence-electron chi connectivity index (χ4n) is 1.23. The molecule has 0 saturated carbocycles. The van der Waals surface area contributed by atoms with Gasteiger partial charge in [0.25, 0.3) is 0 Å². The molecule has 0 bridgehead atoms. The van der Waals surface area contributed by atoms with Gasteiger partial charge in [-0.25, -0.2) is 0 Å². The van der Waals surface area contributed by atoms with Crippen LogP contribution in [0.3, 0.4) is 0 Å². The van der Waals surface area contributed by atoms with E-state index in [1.807, 2.05) is 0 Å². The summed E-state index contributed by atoms with van der Waals surface area (Å²) in [7, 11) is 0. The van der Waals surface area contributed by atoms with E-state index < -0.39 is 24.1 Å². The second kappa shape index (κ2) is 11.8. The number of quaternary nitrogens is 2. The molecule has 1 saturated heterocycles. The van der Waals surface area contributed by atoms with Crippen LogP contribution in [0.1, 0.15) is 6.92 Å². The standard InChI is InChI=1S/C5H12N2.C4H6O6.2H2O/c1-5-4-6-2-3-7-5;5-1(3(7)8)2(6)4(9)10;;/h5-7H,2-4H2,1H3;1-2,5-6H,(H,7,8)(H,9,10);2*1H2/t5-;1-,2-;;/m10../s1. The Kier molecular flexibility index (Phi) is 14.2. The minimum Gasteiger partial charge on any atom is -0.547 e. The Morgan fingerprint density at radius 2 is 1.53 bits per heavy atom. The molecule has 0 aromatic rings. The van der Waals surface area contributed by atoms with Crippen LogP contribution >= 0.6 is 0 Å². The van der Waals surface area contributed by atoms with Crippen molar-refractivity contribution in [3.05, 3.63) is 0 Å². The monoisotopic (exact) mass is 286 g/mol. The van der Waals surface area contributed by atoms with Crippen molar-refractivity contribution in [2.24, 2.45) is 0 Å². The van der Waals surface area contributed by atoms with E-state index in [0.717, 1.165) is 6.04 Å². The molecule has 1 aliphatic rings. The number of rotatable bonds is 3. The first kappa shape index (κ1) is 22.8. The van der Waals surface area contributed by atoms with Crippen molar-refractivity contribution in [2.45, 2.75) is 25.2 Å². The zero-order valence-electron chi connectivity index (χ0n) is 10.5. The predicted octanol–water partition coefficient (Wildman–Crippen LogP) is -8.93. The van der Waals surface area contributed by atoms with Gasteiger partial charge in [-0.1, -0.05) is 0 Å². The van der Waals surface area contributed by atoms with Crippen molar-refractivity contribution < 1.29 is 51.6 Å². The molecule has 10 heteroatoms. The highest BCUT2D eigenvalue weighted by Crippen LogP contribution is 1.88. The van der Waals surface area contributed by atoms with Crippen LogP contribution in [0.5, 0.6) is 0 Å². The van der Waals surface area contributed by atoms with Crippen LogP contribution < -0.4 is 20.8 Å². The zero-order chi connectivity index (χ0) is 13.4. The third-order valence-corrected chi connectivity index (χ3v) is 2.26. The van der Waals surface area contributed by atoms with Gasteiger partial charge in [0, 0.05) is 0 Å². The highest BCUT2D eigenvalue weighted by molar-refractivity contribution is 5.80. The van der Waals surface area contributed by atoms with E-state index in [4.69, 9.17) is 10.2 Å². The number of aliphatic hydroxyl groups is 2. The SMILES string of the molecule is C[C@@H]1C[NH2+]CC[NH2+]1.O.O.O=C([O-])[C@@H](O)[C@H](O)C(=O)[O-]. The molecule has 0 aromatic carbocycles. The van der Waals surface area contributed by atoms with E-state index in [1.54, 1.807) is 0 Å². The Labute approximate surface area is 109 Å². The molecular weight excluding hydrogens is 264 g/mol. The maximum Gasteiger partial charge on any atom is 0.133 e. The molecule has 0 unspecified atom stereocenters. The average Bonchev–Trinajstić information content (AvgIpc) is 2.28. The minimum absolute atomic E-state index is 0. The van der Waals surface area contributed by atoms with Gasteiger partial charge in [0.15, 0.2) is 0 Å². The number of piperazine rings is 1. The second-order valence-electron chi connectivity index (χ2n) is 3.84. The molecule has 0 amide bonds. The maximum absolute atomic E-state index is 9.63. The third-order valence-electron chi connectivity index (χ3n) is 2.26. The molecule has 0 radical (unpaired) electrons. The minimum atomic E-state index is -2.44. The Morgan fingerprint density at radius 1 is 1.11 bits per heavy atom. The van der Waals surface area contributed by atoms with Gasteiger partial charge in [-0.15, -0.1) is 0 Å². The zero-order valence-corrected chi connectivity index (χ0v) is 10.5. The van der Waals surface area contributed by atoms with Crippen molar-refractivity contribution >= 4 is 11.9 Å². The summed E-state index contributed by atoms with van der Waals surface area (Å²) in [5, 5.41) is 40.5. The second-order valence-corrected chi connectivity index (χ2v) is 3.84. The van der Waals surface area contributed by atoms with E-state index in [0.29, 0.717) is 0 Å². The molecule has 3 atom stereocenters. The molecule has 0 aliphatic carbocycles. The summed E-state index contributed by atoms with van der Waals surface area (Å²) in [5.74, 6) is -4.12. The van der Waals surface area contributed by atoms with Crippen molar-refractivity contribution in [1.82, 2.24) is 0 Å². The number of aliphatic hydroxyl groups excluding tert-OH is 2. The van der Waals surface area contributed by atoms with Gasteiger partial charge in [-0.3, -0.25) is 0 Å². The van der Waals surface area contributed by atoms with Crippen LogP contribution in [-0.4, -0.2) is 71.0 Å². The summed E-state index contributed by atoms with van der Waals surface area (Å²) in [6, 6.07) is 0.855. The first-order valence-electron chi connectivity index (χ1n) is 5.29. The highest BCUT2D eigenvalue weighted by Gasteiger charge is 2.17. The number of hydrogen-bond donors (Lipinski definition) is 4. The molecule has 1 heterocycles. The fourth-order valence-corrected chi connectivity index (χ4v) is 1.23. The van der Waals surface area contributed by atoms with Crippen LogP contribution in [0.2, 0.25) is 0 Å². The van der Waals surface area contributed by atoms with Crippen LogP contribution in [0.15, 0.2) is 0 Å². The lowest BCUT2D eigenvalue weighted by atomic mass is 10.2. The largest absolute Gasteiger partial charge is 0.547 e. The average molecular weight is 286 g/mol. The predicted molar refractivity (Wildman–Crippen MR) is 57.2 cm³/mol. The van der Waals surface area contributed by atoms with Crippen molar-refractivity contribution in [3.63, 3.8) is 0 Å². The topological polar surface area (TPSA) is 217 Å². The first-order valence-corrected chi connectivity index (χ1v) is 5.29. The normalized spacial score (nSPS) is 20.5. The van der Waals surface area contributed by atoms with Crippen LogP contribution in [0.4, 0.5) is 0 Å². The first-order chi connectivity index (χ1) is 7.86. The number of hydrogen-bond acceptors (Lipinski definition) is 6. The number of carboxylic acids is 2. The summed E-state index contributed by atoms with van der Waals surface area (Å²) >= 11 is 0. The summed E-state index contributed by atoms with van der Waals surface area (Å²) in [4.78, 5) is 19.3. The number of carbonyl (C=O) groups excluding carboxylic acids is 2. The Bertz CT molecular complexity index is 239. The molecule has 19 heavy (non-hydrogen) atoms. The van der Waals surface area contributed by atoms with E-state index in [9.17, 15) is 19.8 Å². The van der Waals surface area contributed by atoms with Gasteiger partial charge in [0.1, 0.15) is 37.9 Å². The lowest BCUT2D eigenvalue weighted by Crippen LogP contribution is -3.07. The Balaban J connectivity index is -0.000000253. The maximum atomic E-state index is 9.63. The van der Waals surface area contributed by atoms with Gasteiger partial charge in [0.2, 0.25) is 0 Å². The van der Waals surface area contributed by atoms with Gasteiger partial charge in [-0.05, 0) is 6.92 Å². The van der Waals surface area contributed by atoms with E-state index in [2.05, 4.69) is 17.6 Å². The molecule has 0 aromatic heterocycles. The van der Waals surface area contributed by atoms with Gasteiger partial charge < -0.3 is 51.6 Å². The summed E-state index contributed by atoms with van der Waals surface area (Å²) < 4.78 is 0. The fraction of sp³-hybridized carbons (Fsp3) is 0.778. The van der Waals surface area contributed by atoms with Gasteiger partial charge in [0.05, 0.1) is 11.9 Å². The summed E-state index contributed by atoms with van der Waals surface area (Å²) in [6.07, 6.45) is -4.88. The van der Waals surface area contributed by atoms with Crippen LogP contribution in [0, 0.1) is 0 Å². The van der Waals surface area contributed by atoms with Gasteiger partial charge in [-0.2, -0.15) is 0 Å². The lowest BCUT2D eigenvalue weighted by molar-refractivity contribution is -0.808. The number of carboxylic acid groups (broad SMARTS) is 2. The highest BCUT2D eigenvalue weighted by atomic mass is 16.4. The van der Waals surface area contributed by atoms with Crippen LogP contribution in [0.25, 0.3) is 0 Å². The molecule has 116 valence electrons. The molecular formula is C9H22N2O8. The van der Waals surface area contributed by atoms with E-state index in [-0.39, 0.29) is 11.0 Å². The Hall–Kier alpha value is -1.30. The number of nitrogens with two attached hydrogens (primary N) is 2. The smallest absolute Gasteiger partial charge is 0.133 e. The number of aliphatic carboxylic acids is 2. The molecule has 1 fully saturated rings. The van der Waals surface area contributed by atoms with Crippen molar-refractivity contribution in [3.8, 4) is 0 Å². The summed E-state index contributed by atoms with van der Waals surface area (Å²) in [5.41, 5.74) is 0. The summed E-state index contributed by atoms with van der Waals surface area (Å²) in [6.45, 7) is 6.20. The Morgan fingerprint density at radius 3 is 1.68 bits per heavy atom. The van der Waals surface area contributed by atoms with Gasteiger partial charge >= 0.3 is 0 Å². The molecule has 0 spiro atoms. The third kappa shape index (κ3) is 10.3. The quantitative estimate of drug-likeness (QED) is 0.394. The van der Waals surface area contributed by atoms with Crippen LogP contribution in [-0.2, 0) is 9.59 Å². The van der Waals surface area contributed by atoms with E-state index in [1.165, 1.54) is 19.6 Å². The number of carbonyl (C=O) groups is 2. The molecule has 10 nitrogen and oxygen atoms in total. The van der Waals surface area contributed by atoms with Crippen molar-refractivity contribution in [1.29, 1.82) is 0 Å². The molecule has 1 aliphatic heterocycles. The molecule has 1 rings (SSSR count).